The molecule has 24 heavy (non-hydrogen) atoms. The molecule has 0 aromatic heterocycles. The Morgan fingerprint density at radius 3 is 2.62 bits per heavy atom. The molecule has 1 heterocycles. The number of methoxy groups -OCH3 is 1. The third-order valence-corrected chi connectivity index (χ3v) is 4.34. The van der Waals surface area contributed by atoms with Crippen molar-refractivity contribution in [3.63, 3.8) is 0 Å². The summed E-state index contributed by atoms with van der Waals surface area (Å²) in [6.07, 6.45) is -5.14. The van der Waals surface area contributed by atoms with E-state index in [2.05, 4.69) is 0 Å². The molecule has 0 aliphatic carbocycles. The summed E-state index contributed by atoms with van der Waals surface area (Å²) < 4.78 is 44.4. The van der Waals surface area contributed by atoms with E-state index in [1.54, 1.807) is 24.3 Å². The Morgan fingerprint density at radius 2 is 2.08 bits per heavy atom. The van der Waals surface area contributed by atoms with Crippen LogP contribution >= 0.6 is 0 Å². The van der Waals surface area contributed by atoms with Crippen molar-refractivity contribution in [2.24, 2.45) is 5.41 Å². The van der Waals surface area contributed by atoms with Gasteiger partial charge in [-0.1, -0.05) is 12.1 Å². The SMILES string of the molecule is COc1cccc(CCC(=O)N2CCC(C(=O)O)(C(F)(F)F)C2)c1. The van der Waals surface area contributed by atoms with Crippen molar-refractivity contribution in [1.82, 2.24) is 4.90 Å². The largest absolute Gasteiger partial charge is 0.497 e. The van der Waals surface area contributed by atoms with Crippen LogP contribution in [0.2, 0.25) is 0 Å². The second-order valence-corrected chi connectivity index (χ2v) is 5.80. The van der Waals surface area contributed by atoms with Crippen molar-refractivity contribution < 1.29 is 32.6 Å². The Balaban J connectivity index is 2.00. The predicted octanol–water partition coefficient (Wildman–Crippen LogP) is 2.49. The Bertz CT molecular complexity index is 632. The number of hydrogen-bond acceptors (Lipinski definition) is 3. The molecule has 0 spiro atoms. The number of likely N-dealkylation sites (tertiary alicyclic amines) is 1. The molecule has 2 rings (SSSR count). The normalized spacial score (nSPS) is 20.9. The maximum Gasteiger partial charge on any atom is 0.406 e. The fourth-order valence-electron chi connectivity index (χ4n) is 2.79. The average molecular weight is 345 g/mol. The first kappa shape index (κ1) is 18.1. The molecule has 1 aromatic rings. The number of carbonyl (C=O) groups excluding carboxylic acids is 1. The zero-order chi connectivity index (χ0) is 18.0. The molecule has 1 unspecified atom stereocenters. The number of rotatable bonds is 5. The van der Waals surface area contributed by atoms with Gasteiger partial charge in [-0.25, -0.2) is 0 Å². The number of carbonyl (C=O) groups is 2. The Labute approximate surface area is 137 Å². The fraction of sp³-hybridized carbons (Fsp3) is 0.500. The van der Waals surface area contributed by atoms with Crippen molar-refractivity contribution in [3.8, 4) is 5.75 Å². The fourth-order valence-corrected chi connectivity index (χ4v) is 2.79. The van der Waals surface area contributed by atoms with Gasteiger partial charge in [-0.15, -0.1) is 0 Å². The van der Waals surface area contributed by atoms with E-state index in [0.29, 0.717) is 12.2 Å². The maximum atomic E-state index is 13.1. The van der Waals surface area contributed by atoms with Gasteiger partial charge in [0.1, 0.15) is 5.75 Å². The smallest absolute Gasteiger partial charge is 0.406 e. The van der Waals surface area contributed by atoms with Crippen molar-refractivity contribution in [2.75, 3.05) is 20.2 Å². The third kappa shape index (κ3) is 3.47. The van der Waals surface area contributed by atoms with Crippen LogP contribution in [0.5, 0.6) is 5.75 Å². The first-order chi connectivity index (χ1) is 11.2. The number of aliphatic carboxylic acids is 1. The highest BCUT2D eigenvalue weighted by atomic mass is 19.4. The summed E-state index contributed by atoms with van der Waals surface area (Å²) >= 11 is 0. The second-order valence-electron chi connectivity index (χ2n) is 5.80. The van der Waals surface area contributed by atoms with E-state index >= 15 is 0 Å². The standard InChI is InChI=1S/C16H18F3NO4/c1-24-12-4-2-3-11(9-12)5-6-13(21)20-8-7-15(10-20,14(22)23)16(17,18)19/h2-4,9H,5-8,10H2,1H3,(H,22,23). The van der Waals surface area contributed by atoms with E-state index < -0.39 is 36.4 Å². The lowest BCUT2D eigenvalue weighted by Crippen LogP contribution is -2.47. The average Bonchev–Trinajstić information content (AvgIpc) is 2.99. The monoisotopic (exact) mass is 345 g/mol. The molecular weight excluding hydrogens is 327 g/mol. The van der Waals surface area contributed by atoms with Crippen molar-refractivity contribution in [2.45, 2.75) is 25.4 Å². The van der Waals surface area contributed by atoms with E-state index in [4.69, 9.17) is 9.84 Å². The number of benzene rings is 1. The molecule has 1 aromatic carbocycles. The Hall–Kier alpha value is -2.25. The quantitative estimate of drug-likeness (QED) is 0.890. The minimum absolute atomic E-state index is 0.0146. The second kappa shape index (κ2) is 6.70. The lowest BCUT2D eigenvalue weighted by Gasteiger charge is -2.27. The summed E-state index contributed by atoms with van der Waals surface area (Å²) in [5, 5.41) is 8.99. The number of carboxylic acids is 1. The molecular formula is C16H18F3NO4. The minimum atomic E-state index is -4.89. The summed E-state index contributed by atoms with van der Waals surface area (Å²) in [5.41, 5.74) is -2.04. The predicted molar refractivity (Wildman–Crippen MR) is 78.6 cm³/mol. The van der Waals surface area contributed by atoms with Crippen LogP contribution in [0.25, 0.3) is 0 Å². The van der Waals surface area contributed by atoms with Gasteiger partial charge >= 0.3 is 12.1 Å². The van der Waals surface area contributed by atoms with Crippen molar-refractivity contribution in [3.05, 3.63) is 29.8 Å². The van der Waals surface area contributed by atoms with E-state index in [1.165, 1.54) is 7.11 Å². The molecule has 0 bridgehead atoms. The van der Waals surface area contributed by atoms with E-state index in [-0.39, 0.29) is 13.0 Å². The lowest BCUT2D eigenvalue weighted by atomic mass is 9.86. The Kier molecular flexibility index (Phi) is 5.05. The molecule has 1 fully saturated rings. The number of aryl methyl sites for hydroxylation is 1. The first-order valence-corrected chi connectivity index (χ1v) is 7.40. The maximum absolute atomic E-state index is 13.1. The van der Waals surface area contributed by atoms with Crippen LogP contribution in [-0.2, 0) is 16.0 Å². The summed E-state index contributed by atoms with van der Waals surface area (Å²) in [4.78, 5) is 24.2. The lowest BCUT2D eigenvalue weighted by molar-refractivity contribution is -0.227. The molecule has 1 aliphatic heterocycles. The van der Waals surface area contributed by atoms with Gasteiger partial charge < -0.3 is 14.7 Å². The van der Waals surface area contributed by atoms with Crippen LogP contribution in [0.3, 0.4) is 0 Å². The summed E-state index contributed by atoms with van der Waals surface area (Å²) in [7, 11) is 1.51. The van der Waals surface area contributed by atoms with E-state index in [9.17, 15) is 22.8 Å². The minimum Gasteiger partial charge on any atom is -0.497 e. The van der Waals surface area contributed by atoms with Crippen LogP contribution in [0, 0.1) is 5.41 Å². The molecule has 132 valence electrons. The highest BCUT2D eigenvalue weighted by Gasteiger charge is 2.64. The van der Waals surface area contributed by atoms with Crippen molar-refractivity contribution in [1.29, 1.82) is 0 Å². The summed E-state index contributed by atoms with van der Waals surface area (Å²) in [5.74, 6) is -1.79. The van der Waals surface area contributed by atoms with Gasteiger partial charge in [0.2, 0.25) is 5.91 Å². The van der Waals surface area contributed by atoms with Gasteiger partial charge in [0.15, 0.2) is 5.41 Å². The van der Waals surface area contributed by atoms with Gasteiger partial charge in [0.05, 0.1) is 7.11 Å². The van der Waals surface area contributed by atoms with Gasteiger partial charge in [-0.05, 0) is 30.5 Å². The number of alkyl halides is 3. The number of ether oxygens (including phenoxy) is 1. The third-order valence-electron chi connectivity index (χ3n) is 4.34. The van der Waals surface area contributed by atoms with Crippen LogP contribution in [0.15, 0.2) is 24.3 Å². The van der Waals surface area contributed by atoms with Crippen LogP contribution in [0.1, 0.15) is 18.4 Å². The van der Waals surface area contributed by atoms with Gasteiger partial charge in [-0.3, -0.25) is 9.59 Å². The molecule has 1 N–H and O–H groups in total. The highest BCUT2D eigenvalue weighted by molar-refractivity contribution is 5.81. The summed E-state index contributed by atoms with van der Waals surface area (Å²) in [6.45, 7) is -1.04. The molecule has 0 radical (unpaired) electrons. The van der Waals surface area contributed by atoms with Crippen LogP contribution < -0.4 is 4.74 Å². The zero-order valence-electron chi connectivity index (χ0n) is 13.1. The molecule has 0 saturated carbocycles. The summed E-state index contributed by atoms with van der Waals surface area (Å²) in [6, 6.07) is 7.04. The van der Waals surface area contributed by atoms with E-state index in [1.807, 2.05) is 0 Å². The van der Waals surface area contributed by atoms with Gasteiger partial charge in [-0.2, -0.15) is 13.2 Å². The first-order valence-electron chi connectivity index (χ1n) is 7.40. The van der Waals surface area contributed by atoms with Gasteiger partial charge in [0, 0.05) is 19.5 Å². The molecule has 1 aliphatic rings. The molecule has 5 nitrogen and oxygen atoms in total. The number of carboxylic acid groups (broad SMARTS) is 1. The van der Waals surface area contributed by atoms with Crippen LogP contribution in [-0.4, -0.2) is 48.3 Å². The van der Waals surface area contributed by atoms with Crippen molar-refractivity contribution >= 4 is 11.9 Å². The molecule has 1 amide bonds. The van der Waals surface area contributed by atoms with E-state index in [0.717, 1.165) is 10.5 Å². The number of halogens is 3. The topological polar surface area (TPSA) is 66.8 Å². The number of amides is 1. The Morgan fingerprint density at radius 1 is 1.38 bits per heavy atom. The number of hydrogen-bond donors (Lipinski definition) is 1. The van der Waals surface area contributed by atoms with Gasteiger partial charge in [0.25, 0.3) is 0 Å². The molecule has 1 saturated heterocycles. The highest BCUT2D eigenvalue weighted by Crippen LogP contribution is 2.45. The van der Waals surface area contributed by atoms with Crippen LogP contribution in [0.4, 0.5) is 13.2 Å². The number of nitrogens with zero attached hydrogens (tertiary/aromatic N) is 1. The zero-order valence-corrected chi connectivity index (χ0v) is 13.1. The molecule has 8 heteroatoms. The molecule has 1 atom stereocenters.